The van der Waals surface area contributed by atoms with Crippen molar-refractivity contribution < 1.29 is 9.32 Å². The van der Waals surface area contributed by atoms with Crippen molar-refractivity contribution in [1.29, 1.82) is 0 Å². The van der Waals surface area contributed by atoms with Crippen molar-refractivity contribution in [2.75, 3.05) is 11.9 Å². The van der Waals surface area contributed by atoms with Crippen LogP contribution >= 0.6 is 0 Å². The van der Waals surface area contributed by atoms with Gasteiger partial charge in [-0.05, 0) is 37.6 Å². The number of nitrogens with zero attached hydrogens (tertiary/aromatic N) is 2. The summed E-state index contributed by atoms with van der Waals surface area (Å²) in [6.07, 6.45) is 0. The molecule has 0 saturated carbocycles. The van der Waals surface area contributed by atoms with Crippen molar-refractivity contribution in [1.82, 2.24) is 10.1 Å². The van der Waals surface area contributed by atoms with Gasteiger partial charge in [0.05, 0.1) is 6.54 Å². The molecule has 0 unspecified atom stereocenters. The number of hydrogen-bond donors (Lipinski definition) is 2. The van der Waals surface area contributed by atoms with Crippen molar-refractivity contribution in [3.05, 3.63) is 40.7 Å². The Morgan fingerprint density at radius 1 is 1.45 bits per heavy atom. The molecule has 6 heteroatoms. The third kappa shape index (κ3) is 3.22. The number of nitrogens with two attached hydrogens (primary N) is 1. The van der Waals surface area contributed by atoms with Crippen LogP contribution in [0.2, 0.25) is 0 Å². The summed E-state index contributed by atoms with van der Waals surface area (Å²) in [5, 5.41) is 6.13. The average molecular weight is 270 g/mol. The van der Waals surface area contributed by atoms with E-state index in [0.717, 1.165) is 11.1 Å². The first kappa shape index (κ1) is 13.8. The summed E-state index contributed by atoms with van der Waals surface area (Å²) in [4.78, 5) is 15.9. The summed E-state index contributed by atoms with van der Waals surface area (Å²) in [5.41, 5.74) is 7.58. The van der Waals surface area contributed by atoms with Gasteiger partial charge in [0, 0.05) is 11.1 Å². The minimum absolute atomic E-state index is 0.0807. The van der Waals surface area contributed by atoms with Gasteiger partial charge in [0.25, 0.3) is 5.91 Å². The molecule has 0 aliphatic carbocycles. The Morgan fingerprint density at radius 3 is 2.85 bits per heavy atom. The lowest BCUT2D eigenvalue weighted by Gasteiger charge is -2.03. The van der Waals surface area contributed by atoms with Gasteiger partial charge < -0.3 is 10.3 Å². The molecule has 1 heterocycles. The van der Waals surface area contributed by atoms with E-state index in [2.05, 4.69) is 27.3 Å². The minimum Gasteiger partial charge on any atom is -0.320 e. The van der Waals surface area contributed by atoms with E-state index in [1.807, 2.05) is 6.92 Å². The molecule has 20 heavy (non-hydrogen) atoms. The summed E-state index contributed by atoms with van der Waals surface area (Å²) in [7, 11) is 0. The summed E-state index contributed by atoms with van der Waals surface area (Å²) in [6.45, 7) is 3.86. The lowest BCUT2D eigenvalue weighted by Crippen LogP contribution is -2.12. The topological polar surface area (TPSA) is 94.0 Å². The Bertz CT molecular complexity index is 695. The van der Waals surface area contributed by atoms with Gasteiger partial charge in [0.15, 0.2) is 5.82 Å². The van der Waals surface area contributed by atoms with E-state index in [1.165, 1.54) is 0 Å². The first-order valence-corrected chi connectivity index (χ1v) is 6.01. The van der Waals surface area contributed by atoms with E-state index in [4.69, 9.17) is 10.3 Å². The largest absolute Gasteiger partial charge is 0.328 e. The Labute approximate surface area is 116 Å². The Morgan fingerprint density at radius 2 is 2.25 bits per heavy atom. The molecule has 6 nitrogen and oxygen atoms in total. The second-order valence-electron chi connectivity index (χ2n) is 4.14. The van der Waals surface area contributed by atoms with Crippen molar-refractivity contribution in [3.8, 4) is 11.8 Å². The zero-order valence-corrected chi connectivity index (χ0v) is 11.2. The number of amides is 1. The zero-order valence-electron chi connectivity index (χ0n) is 11.2. The van der Waals surface area contributed by atoms with Gasteiger partial charge in [-0.3, -0.25) is 10.1 Å². The maximum absolute atomic E-state index is 12.0. The number of benzene rings is 1. The van der Waals surface area contributed by atoms with Gasteiger partial charge in [-0.15, -0.1) is 0 Å². The number of carbonyl (C=O) groups is 1. The average Bonchev–Trinajstić information content (AvgIpc) is 2.82. The predicted molar refractivity (Wildman–Crippen MR) is 74.1 cm³/mol. The Kier molecular flexibility index (Phi) is 4.13. The molecule has 0 saturated heterocycles. The molecular formula is C14H14N4O2. The molecule has 0 fully saturated rings. The van der Waals surface area contributed by atoms with Crippen LogP contribution in [0.15, 0.2) is 22.7 Å². The number of aryl methyl sites for hydroxylation is 2. The fourth-order valence-corrected chi connectivity index (χ4v) is 1.61. The fourth-order valence-electron chi connectivity index (χ4n) is 1.61. The predicted octanol–water partition coefficient (Wildman–Crippen LogP) is 1.25. The lowest BCUT2D eigenvalue weighted by molar-refractivity contribution is 0.102. The van der Waals surface area contributed by atoms with Crippen molar-refractivity contribution in [2.24, 2.45) is 5.73 Å². The normalized spacial score (nSPS) is 9.75. The van der Waals surface area contributed by atoms with Gasteiger partial charge in [-0.25, -0.2) is 0 Å². The maximum atomic E-state index is 12.0. The first-order valence-electron chi connectivity index (χ1n) is 6.01. The number of nitrogens with one attached hydrogen (secondary N) is 1. The highest BCUT2D eigenvalue weighted by Crippen LogP contribution is 2.12. The van der Waals surface area contributed by atoms with Crippen LogP contribution in [0.1, 0.15) is 27.3 Å². The number of carbonyl (C=O) groups excluding carboxylic acids is 1. The van der Waals surface area contributed by atoms with Gasteiger partial charge in [0.2, 0.25) is 0 Å². The second-order valence-corrected chi connectivity index (χ2v) is 4.14. The van der Waals surface area contributed by atoms with Crippen LogP contribution in [0, 0.1) is 25.7 Å². The van der Waals surface area contributed by atoms with E-state index < -0.39 is 0 Å². The summed E-state index contributed by atoms with van der Waals surface area (Å²) in [6, 6.07) is 5.30. The molecule has 102 valence electrons. The van der Waals surface area contributed by atoms with Crippen molar-refractivity contribution in [3.63, 3.8) is 0 Å². The molecule has 2 aromatic rings. The molecule has 3 N–H and O–H groups in total. The van der Waals surface area contributed by atoms with Crippen LogP contribution in [0.4, 0.5) is 6.01 Å². The highest BCUT2D eigenvalue weighted by molar-refractivity contribution is 6.03. The van der Waals surface area contributed by atoms with Crippen LogP contribution in [-0.2, 0) is 0 Å². The van der Waals surface area contributed by atoms with E-state index >= 15 is 0 Å². The molecule has 0 aliphatic heterocycles. The summed E-state index contributed by atoms with van der Waals surface area (Å²) >= 11 is 0. The SMILES string of the molecule is Cc1noc(NC(=O)c2ccc(C#CCN)c(C)c2)n1. The van der Waals surface area contributed by atoms with E-state index in [9.17, 15) is 4.79 Å². The highest BCUT2D eigenvalue weighted by Gasteiger charge is 2.11. The number of hydrogen-bond acceptors (Lipinski definition) is 5. The first-order chi connectivity index (χ1) is 9.60. The number of aromatic nitrogens is 2. The van der Waals surface area contributed by atoms with Crippen LogP contribution in [0.25, 0.3) is 0 Å². The summed E-state index contributed by atoms with van der Waals surface area (Å²) in [5.74, 6) is 5.88. The highest BCUT2D eigenvalue weighted by atomic mass is 16.5. The lowest BCUT2D eigenvalue weighted by atomic mass is 10.0. The molecule has 0 radical (unpaired) electrons. The monoisotopic (exact) mass is 270 g/mol. The van der Waals surface area contributed by atoms with Crippen LogP contribution in [0.5, 0.6) is 0 Å². The zero-order chi connectivity index (χ0) is 14.5. The maximum Gasteiger partial charge on any atom is 0.328 e. The number of rotatable bonds is 2. The molecule has 0 atom stereocenters. The summed E-state index contributed by atoms with van der Waals surface area (Å²) < 4.78 is 4.83. The molecule has 1 amide bonds. The third-order valence-corrected chi connectivity index (χ3v) is 2.56. The van der Waals surface area contributed by atoms with Gasteiger partial charge >= 0.3 is 6.01 Å². The molecule has 1 aromatic carbocycles. The van der Waals surface area contributed by atoms with Gasteiger partial charge in [0.1, 0.15) is 0 Å². The van der Waals surface area contributed by atoms with Crippen molar-refractivity contribution in [2.45, 2.75) is 13.8 Å². The van der Waals surface area contributed by atoms with E-state index in [1.54, 1.807) is 25.1 Å². The van der Waals surface area contributed by atoms with Crippen molar-refractivity contribution >= 4 is 11.9 Å². The Hall–Kier alpha value is -2.65. The van der Waals surface area contributed by atoms with Crippen LogP contribution in [-0.4, -0.2) is 22.6 Å². The van der Waals surface area contributed by atoms with Crippen LogP contribution < -0.4 is 11.1 Å². The Balaban J connectivity index is 2.16. The van der Waals surface area contributed by atoms with E-state index in [-0.39, 0.29) is 11.9 Å². The molecule has 0 spiro atoms. The third-order valence-electron chi connectivity index (χ3n) is 2.56. The minimum atomic E-state index is -0.310. The number of anilines is 1. The smallest absolute Gasteiger partial charge is 0.320 e. The fraction of sp³-hybridized carbons (Fsp3) is 0.214. The van der Waals surface area contributed by atoms with E-state index in [0.29, 0.717) is 17.9 Å². The molecular weight excluding hydrogens is 256 g/mol. The quantitative estimate of drug-likeness (QED) is 0.801. The molecule has 0 aliphatic rings. The molecule has 1 aromatic heterocycles. The van der Waals surface area contributed by atoms with Gasteiger partial charge in [-0.1, -0.05) is 17.0 Å². The second kappa shape index (κ2) is 5.99. The van der Waals surface area contributed by atoms with Crippen LogP contribution in [0.3, 0.4) is 0 Å². The molecule has 2 rings (SSSR count). The molecule has 0 bridgehead atoms. The van der Waals surface area contributed by atoms with Gasteiger partial charge in [-0.2, -0.15) is 4.98 Å². The standard InChI is InChI=1S/C14H14N4O2/c1-9-8-12(6-5-11(9)4-3-7-15)13(19)17-14-16-10(2)18-20-14/h5-6,8H,7,15H2,1-2H3,(H,16,17,18,19).